The van der Waals surface area contributed by atoms with Crippen molar-refractivity contribution in [2.75, 3.05) is 44.7 Å². The second-order valence-corrected chi connectivity index (χ2v) is 7.43. The summed E-state index contributed by atoms with van der Waals surface area (Å²) in [6, 6.07) is 18.6. The molecule has 28 heavy (non-hydrogen) atoms. The van der Waals surface area contributed by atoms with Gasteiger partial charge in [0.05, 0.1) is 39.3 Å². The topological polar surface area (TPSA) is 46.0 Å². The monoisotopic (exact) mass is 382 g/mol. The van der Waals surface area contributed by atoms with Crippen LogP contribution in [-0.2, 0) is 4.79 Å². The van der Waals surface area contributed by atoms with E-state index in [-0.39, 0.29) is 11.9 Å². The van der Waals surface area contributed by atoms with Crippen molar-refractivity contribution < 1.29 is 14.4 Å². The number of anilines is 1. The number of amides is 1. The lowest BCUT2D eigenvalue weighted by molar-refractivity contribution is -0.892. The summed E-state index contributed by atoms with van der Waals surface area (Å²) in [7, 11) is 1.69. The van der Waals surface area contributed by atoms with Crippen LogP contribution in [0.2, 0.25) is 0 Å². The van der Waals surface area contributed by atoms with Gasteiger partial charge in [-0.2, -0.15) is 0 Å². The van der Waals surface area contributed by atoms with E-state index in [1.807, 2.05) is 30.3 Å². The van der Waals surface area contributed by atoms with Crippen LogP contribution in [0.15, 0.2) is 54.6 Å². The smallest absolute Gasteiger partial charge is 0.275 e. The summed E-state index contributed by atoms with van der Waals surface area (Å²) in [5.74, 6) is 1.03. The lowest BCUT2D eigenvalue weighted by atomic mass is 10.0. The molecule has 150 valence electrons. The first-order valence-corrected chi connectivity index (χ1v) is 10.3. The van der Waals surface area contributed by atoms with Gasteiger partial charge in [-0.3, -0.25) is 4.79 Å². The van der Waals surface area contributed by atoms with Crippen molar-refractivity contribution in [2.24, 2.45) is 0 Å². The SMILES string of the molecule is CCC[C@@H](NC(=O)C[NH+]1CCN(c2ccc(OC)cc2)CC1)c1ccccc1. The Balaban J connectivity index is 1.48. The fourth-order valence-electron chi connectivity index (χ4n) is 3.82. The molecule has 2 aromatic rings. The number of hydrogen-bond acceptors (Lipinski definition) is 3. The van der Waals surface area contributed by atoms with E-state index in [1.165, 1.54) is 16.2 Å². The van der Waals surface area contributed by atoms with Crippen molar-refractivity contribution in [2.45, 2.75) is 25.8 Å². The molecule has 0 bridgehead atoms. The molecule has 0 radical (unpaired) electrons. The third kappa shape index (κ3) is 5.49. The van der Waals surface area contributed by atoms with Crippen molar-refractivity contribution in [3.8, 4) is 5.75 Å². The highest BCUT2D eigenvalue weighted by molar-refractivity contribution is 5.77. The van der Waals surface area contributed by atoms with Crippen molar-refractivity contribution in [1.82, 2.24) is 5.32 Å². The number of ether oxygens (including phenoxy) is 1. The quantitative estimate of drug-likeness (QED) is 0.735. The molecule has 5 heteroatoms. The average Bonchev–Trinajstić information content (AvgIpc) is 2.75. The third-order valence-electron chi connectivity index (χ3n) is 5.43. The Morgan fingerprint density at radius 3 is 2.39 bits per heavy atom. The van der Waals surface area contributed by atoms with Gasteiger partial charge in [-0.05, 0) is 36.2 Å². The van der Waals surface area contributed by atoms with Crippen molar-refractivity contribution in [3.63, 3.8) is 0 Å². The Labute approximate surface area is 168 Å². The summed E-state index contributed by atoms with van der Waals surface area (Å²) < 4.78 is 5.23. The van der Waals surface area contributed by atoms with Gasteiger partial charge in [-0.25, -0.2) is 0 Å². The number of methoxy groups -OCH3 is 1. The van der Waals surface area contributed by atoms with Crippen LogP contribution >= 0.6 is 0 Å². The van der Waals surface area contributed by atoms with E-state index >= 15 is 0 Å². The molecule has 1 fully saturated rings. The molecule has 5 nitrogen and oxygen atoms in total. The summed E-state index contributed by atoms with van der Waals surface area (Å²) in [6.45, 7) is 6.58. The van der Waals surface area contributed by atoms with Gasteiger partial charge in [0.15, 0.2) is 6.54 Å². The number of quaternary nitrogens is 1. The van der Waals surface area contributed by atoms with Gasteiger partial charge in [0.2, 0.25) is 0 Å². The Bertz CT molecular complexity index is 725. The highest BCUT2D eigenvalue weighted by Crippen LogP contribution is 2.19. The Hall–Kier alpha value is -2.53. The summed E-state index contributed by atoms with van der Waals surface area (Å²) in [4.78, 5) is 16.4. The molecule has 0 aliphatic carbocycles. The maximum absolute atomic E-state index is 12.6. The van der Waals surface area contributed by atoms with Crippen LogP contribution < -0.4 is 19.9 Å². The molecule has 0 aromatic heterocycles. The normalized spacial score (nSPS) is 15.9. The molecule has 0 saturated carbocycles. The maximum Gasteiger partial charge on any atom is 0.275 e. The molecule has 0 spiro atoms. The first-order valence-electron chi connectivity index (χ1n) is 10.3. The van der Waals surface area contributed by atoms with Gasteiger partial charge in [0, 0.05) is 5.69 Å². The van der Waals surface area contributed by atoms with Crippen LogP contribution in [0.1, 0.15) is 31.4 Å². The minimum absolute atomic E-state index is 0.110. The van der Waals surface area contributed by atoms with Crippen LogP contribution in [0.3, 0.4) is 0 Å². The molecule has 1 aliphatic rings. The molecule has 1 heterocycles. The molecule has 2 aromatic carbocycles. The van der Waals surface area contributed by atoms with E-state index in [2.05, 4.69) is 41.4 Å². The van der Waals surface area contributed by atoms with Gasteiger partial charge >= 0.3 is 0 Å². The minimum Gasteiger partial charge on any atom is -0.497 e. The summed E-state index contributed by atoms with van der Waals surface area (Å²) in [6.07, 6.45) is 2.02. The number of carbonyl (C=O) groups is 1. The van der Waals surface area contributed by atoms with Crippen molar-refractivity contribution in [1.29, 1.82) is 0 Å². The number of rotatable bonds is 8. The maximum atomic E-state index is 12.6. The molecule has 0 unspecified atom stereocenters. The van der Waals surface area contributed by atoms with Gasteiger partial charge < -0.3 is 19.9 Å². The number of hydrogen-bond donors (Lipinski definition) is 2. The highest BCUT2D eigenvalue weighted by atomic mass is 16.5. The molecule has 2 N–H and O–H groups in total. The molecule has 1 saturated heterocycles. The molecule has 1 aliphatic heterocycles. The largest absolute Gasteiger partial charge is 0.497 e. The predicted molar refractivity (Wildman–Crippen MR) is 113 cm³/mol. The zero-order valence-electron chi connectivity index (χ0n) is 17.0. The third-order valence-corrected chi connectivity index (χ3v) is 5.43. The van der Waals surface area contributed by atoms with E-state index in [1.54, 1.807) is 7.11 Å². The van der Waals surface area contributed by atoms with E-state index in [4.69, 9.17) is 4.74 Å². The van der Waals surface area contributed by atoms with Crippen LogP contribution in [0.5, 0.6) is 5.75 Å². The van der Waals surface area contributed by atoms with E-state index in [0.29, 0.717) is 6.54 Å². The highest BCUT2D eigenvalue weighted by Gasteiger charge is 2.23. The standard InChI is InChI=1S/C23H31N3O2/c1-3-7-22(19-8-5-4-6-9-19)24-23(27)18-25-14-16-26(17-15-25)20-10-12-21(28-2)13-11-20/h4-6,8-13,22H,3,7,14-18H2,1-2H3,(H,24,27)/p+1/t22-/m1/s1. The first-order chi connectivity index (χ1) is 13.7. The fraction of sp³-hybridized carbons (Fsp3) is 0.435. The van der Waals surface area contributed by atoms with Crippen LogP contribution in [-0.4, -0.2) is 45.7 Å². The average molecular weight is 383 g/mol. The predicted octanol–water partition coefficient (Wildman–Crippen LogP) is 2.06. The fourth-order valence-corrected chi connectivity index (χ4v) is 3.82. The van der Waals surface area contributed by atoms with E-state index < -0.39 is 0 Å². The molecule has 1 atom stereocenters. The van der Waals surface area contributed by atoms with Crippen molar-refractivity contribution >= 4 is 11.6 Å². The summed E-state index contributed by atoms with van der Waals surface area (Å²) in [5.41, 5.74) is 2.41. The Morgan fingerprint density at radius 1 is 1.11 bits per heavy atom. The Morgan fingerprint density at radius 2 is 1.79 bits per heavy atom. The van der Waals surface area contributed by atoms with Crippen LogP contribution in [0, 0.1) is 0 Å². The summed E-state index contributed by atoms with van der Waals surface area (Å²) in [5, 5.41) is 3.25. The molecular weight excluding hydrogens is 350 g/mol. The number of carbonyl (C=O) groups excluding carboxylic acids is 1. The van der Waals surface area contributed by atoms with Gasteiger partial charge in [-0.1, -0.05) is 43.7 Å². The molecule has 3 rings (SSSR count). The van der Waals surface area contributed by atoms with Gasteiger partial charge in [-0.15, -0.1) is 0 Å². The number of benzene rings is 2. The summed E-state index contributed by atoms with van der Waals surface area (Å²) >= 11 is 0. The first kappa shape index (κ1) is 20.2. The number of piperazine rings is 1. The van der Waals surface area contributed by atoms with Crippen LogP contribution in [0.4, 0.5) is 5.69 Å². The minimum atomic E-state index is 0.110. The second-order valence-electron chi connectivity index (χ2n) is 7.43. The number of nitrogens with one attached hydrogen (secondary N) is 2. The Kier molecular flexibility index (Phi) is 7.31. The van der Waals surface area contributed by atoms with E-state index in [9.17, 15) is 4.79 Å². The zero-order valence-corrected chi connectivity index (χ0v) is 17.0. The van der Waals surface area contributed by atoms with Crippen LogP contribution in [0.25, 0.3) is 0 Å². The van der Waals surface area contributed by atoms with Gasteiger partial charge in [0.1, 0.15) is 5.75 Å². The number of nitrogens with zero attached hydrogens (tertiary/aromatic N) is 1. The second kappa shape index (κ2) is 10.1. The van der Waals surface area contributed by atoms with Crippen molar-refractivity contribution in [3.05, 3.63) is 60.2 Å². The van der Waals surface area contributed by atoms with E-state index in [0.717, 1.165) is 44.8 Å². The lowest BCUT2D eigenvalue weighted by Gasteiger charge is -2.33. The lowest BCUT2D eigenvalue weighted by Crippen LogP contribution is -3.16. The molecular formula is C23H32N3O2+. The van der Waals surface area contributed by atoms with Gasteiger partial charge in [0.25, 0.3) is 5.91 Å². The molecule has 1 amide bonds. The zero-order chi connectivity index (χ0) is 19.8.